The van der Waals surface area contributed by atoms with Crippen LogP contribution in [0.15, 0.2) is 30.5 Å². The number of esters is 1. The van der Waals surface area contributed by atoms with E-state index >= 15 is 0 Å². The predicted molar refractivity (Wildman–Crippen MR) is 148 cm³/mol. The Kier molecular flexibility index (Phi) is 10.6. The summed E-state index contributed by atoms with van der Waals surface area (Å²) < 4.78 is 4.85. The van der Waals surface area contributed by atoms with Crippen LogP contribution >= 0.6 is 0 Å². The first-order valence-electron chi connectivity index (χ1n) is 12.6. The highest BCUT2D eigenvalue weighted by Crippen LogP contribution is 2.19. The second kappa shape index (κ2) is 14.3. The van der Waals surface area contributed by atoms with Crippen LogP contribution in [0.2, 0.25) is 0 Å². The number of nitrogens with zero attached hydrogens (tertiary/aromatic N) is 5. The lowest BCUT2D eigenvalue weighted by Gasteiger charge is -2.19. The molecule has 1 atom stereocenters. The minimum atomic E-state index is -1.34. The molecule has 2 aromatic heterocycles. The van der Waals surface area contributed by atoms with Gasteiger partial charge < -0.3 is 42.6 Å². The van der Waals surface area contributed by atoms with Crippen molar-refractivity contribution in [3.63, 3.8) is 0 Å². The highest BCUT2D eigenvalue weighted by atomic mass is 16.5. The molecule has 0 fully saturated rings. The fourth-order valence-corrected chi connectivity index (χ4v) is 3.62. The molecule has 2 heterocycles. The van der Waals surface area contributed by atoms with Crippen LogP contribution in [0.3, 0.4) is 0 Å². The molecular formula is C25H32N10O6. The molecule has 0 saturated carbocycles. The molecule has 0 aliphatic heterocycles. The van der Waals surface area contributed by atoms with Crippen LogP contribution in [-0.2, 0) is 25.7 Å². The van der Waals surface area contributed by atoms with Gasteiger partial charge in [-0.15, -0.1) is 0 Å². The Hall–Kier alpha value is -5.12. The molecule has 1 aromatic carbocycles. The van der Waals surface area contributed by atoms with E-state index in [9.17, 15) is 24.3 Å². The summed E-state index contributed by atoms with van der Waals surface area (Å²) in [6.45, 7) is 0.636. The zero-order valence-corrected chi connectivity index (χ0v) is 22.4. The summed E-state index contributed by atoms with van der Waals surface area (Å²) in [5.74, 6) is -3.06. The molecule has 0 unspecified atom stereocenters. The van der Waals surface area contributed by atoms with E-state index in [-0.39, 0.29) is 35.8 Å². The quantitative estimate of drug-likeness (QED) is 0.103. The number of amides is 2. The first kappa shape index (κ1) is 30.4. The van der Waals surface area contributed by atoms with Gasteiger partial charge in [0.25, 0.3) is 11.8 Å². The standard InChI is InChI=1S/C25H32N10O6/c1-35(12-15-11-30-22-20(31-15)21(27)33-25(28)34-22)16-5-3-14(4-6-16)23(38)32-17(24(39)40)7-8-19(37)41-13-18(36)29-10-2-9-26/h3-6,11,17H,2,7-10,12-13,26H2,1H3,(H,29,36)(H,32,38)(H,39,40)(H4,27,28,30,33,34)/t17-/m0/s1. The van der Waals surface area contributed by atoms with Crippen molar-refractivity contribution in [2.24, 2.45) is 5.73 Å². The number of aromatic nitrogens is 4. The number of nitrogens with two attached hydrogens (primary N) is 3. The number of benzene rings is 1. The number of carbonyl (C=O) groups is 4. The smallest absolute Gasteiger partial charge is 0.326 e. The first-order chi connectivity index (χ1) is 19.6. The molecule has 9 N–H and O–H groups in total. The fourth-order valence-electron chi connectivity index (χ4n) is 3.62. The summed E-state index contributed by atoms with van der Waals surface area (Å²) in [4.78, 5) is 66.3. The molecule has 16 heteroatoms. The predicted octanol–water partition coefficient (Wildman–Crippen LogP) is -0.808. The van der Waals surface area contributed by atoms with Crippen molar-refractivity contribution in [2.75, 3.05) is 43.1 Å². The van der Waals surface area contributed by atoms with Gasteiger partial charge in [0.2, 0.25) is 5.95 Å². The number of aliphatic carboxylic acids is 1. The summed E-state index contributed by atoms with van der Waals surface area (Å²) in [6, 6.07) is 5.12. The monoisotopic (exact) mass is 568 g/mol. The van der Waals surface area contributed by atoms with Gasteiger partial charge in [-0.05, 0) is 43.7 Å². The van der Waals surface area contributed by atoms with Crippen LogP contribution in [0, 0.1) is 0 Å². The Morgan fingerprint density at radius 3 is 2.51 bits per heavy atom. The topological polar surface area (TPSA) is 255 Å². The second-order valence-electron chi connectivity index (χ2n) is 8.96. The van der Waals surface area contributed by atoms with Gasteiger partial charge in [0, 0.05) is 31.3 Å². The molecule has 16 nitrogen and oxygen atoms in total. The lowest BCUT2D eigenvalue weighted by molar-refractivity contribution is -0.149. The first-order valence-corrected chi connectivity index (χ1v) is 12.6. The van der Waals surface area contributed by atoms with Crippen LogP contribution in [0.4, 0.5) is 17.5 Å². The van der Waals surface area contributed by atoms with Crippen molar-refractivity contribution in [2.45, 2.75) is 31.8 Å². The number of rotatable bonds is 14. The third kappa shape index (κ3) is 8.96. The number of hydrogen-bond acceptors (Lipinski definition) is 13. The van der Waals surface area contributed by atoms with E-state index < -0.39 is 36.4 Å². The van der Waals surface area contributed by atoms with Crippen LogP contribution in [0.5, 0.6) is 0 Å². The largest absolute Gasteiger partial charge is 0.480 e. The zero-order valence-electron chi connectivity index (χ0n) is 22.4. The normalized spacial score (nSPS) is 11.5. The Morgan fingerprint density at radius 2 is 1.83 bits per heavy atom. The summed E-state index contributed by atoms with van der Waals surface area (Å²) >= 11 is 0. The van der Waals surface area contributed by atoms with E-state index in [4.69, 9.17) is 21.9 Å². The van der Waals surface area contributed by atoms with Gasteiger partial charge in [0.05, 0.1) is 18.4 Å². The number of carboxylic acids is 1. The average Bonchev–Trinajstić information content (AvgIpc) is 2.94. The molecule has 0 aliphatic carbocycles. The Balaban J connectivity index is 1.52. The maximum Gasteiger partial charge on any atom is 0.326 e. The fraction of sp³-hybridized carbons (Fsp3) is 0.360. The molecule has 218 valence electrons. The lowest BCUT2D eigenvalue weighted by Crippen LogP contribution is -2.41. The number of carbonyl (C=O) groups excluding carboxylic acids is 3. The number of anilines is 3. The van der Waals surface area contributed by atoms with Crippen molar-refractivity contribution in [1.82, 2.24) is 30.6 Å². The van der Waals surface area contributed by atoms with Crippen molar-refractivity contribution >= 4 is 52.4 Å². The SMILES string of the molecule is CN(Cc1cnc2nc(N)nc(N)c2n1)c1ccc(C(=O)N[C@@H](CCC(=O)OCC(=O)NCCCN)C(=O)O)cc1. The van der Waals surface area contributed by atoms with E-state index in [1.807, 2.05) is 11.9 Å². The molecule has 0 aliphatic rings. The van der Waals surface area contributed by atoms with Gasteiger partial charge >= 0.3 is 11.9 Å². The summed E-state index contributed by atoms with van der Waals surface area (Å²) in [5.41, 5.74) is 19.0. The highest BCUT2D eigenvalue weighted by Gasteiger charge is 2.22. The van der Waals surface area contributed by atoms with Gasteiger partial charge in [-0.25, -0.2) is 14.8 Å². The minimum absolute atomic E-state index is 0.00578. The van der Waals surface area contributed by atoms with Crippen molar-refractivity contribution < 1.29 is 29.0 Å². The van der Waals surface area contributed by atoms with Gasteiger partial charge in [-0.2, -0.15) is 9.97 Å². The maximum atomic E-state index is 12.7. The molecule has 0 saturated heterocycles. The summed E-state index contributed by atoms with van der Waals surface area (Å²) in [6.07, 6.45) is 1.61. The third-order valence-electron chi connectivity index (χ3n) is 5.78. The van der Waals surface area contributed by atoms with Crippen molar-refractivity contribution in [1.29, 1.82) is 0 Å². The van der Waals surface area contributed by atoms with Gasteiger partial charge in [0.15, 0.2) is 23.6 Å². The molecule has 3 rings (SSSR count). The summed E-state index contributed by atoms with van der Waals surface area (Å²) in [7, 11) is 1.81. The maximum absolute atomic E-state index is 12.7. The number of ether oxygens (including phenoxy) is 1. The molecule has 2 amide bonds. The Bertz CT molecular complexity index is 1400. The molecule has 0 radical (unpaired) electrons. The van der Waals surface area contributed by atoms with Crippen LogP contribution in [0.1, 0.15) is 35.3 Å². The Labute approximate surface area is 234 Å². The lowest BCUT2D eigenvalue weighted by atomic mass is 10.1. The van der Waals surface area contributed by atoms with E-state index in [2.05, 4.69) is 30.6 Å². The number of hydrogen-bond donors (Lipinski definition) is 6. The Morgan fingerprint density at radius 1 is 1.10 bits per heavy atom. The van der Waals surface area contributed by atoms with E-state index in [0.717, 1.165) is 5.69 Å². The summed E-state index contributed by atoms with van der Waals surface area (Å²) in [5, 5.41) is 14.4. The van der Waals surface area contributed by atoms with Crippen LogP contribution < -0.4 is 32.7 Å². The second-order valence-corrected chi connectivity index (χ2v) is 8.96. The minimum Gasteiger partial charge on any atom is -0.480 e. The van der Waals surface area contributed by atoms with E-state index in [1.54, 1.807) is 18.3 Å². The van der Waals surface area contributed by atoms with E-state index in [1.165, 1.54) is 12.1 Å². The molecule has 0 bridgehead atoms. The number of fused-ring (bicyclic) bond motifs is 1. The molecule has 0 spiro atoms. The third-order valence-corrected chi connectivity index (χ3v) is 5.78. The number of nitrogen functional groups attached to an aromatic ring is 2. The molecule has 3 aromatic rings. The molecular weight excluding hydrogens is 536 g/mol. The van der Waals surface area contributed by atoms with E-state index in [0.29, 0.717) is 37.3 Å². The zero-order chi connectivity index (χ0) is 29.9. The van der Waals surface area contributed by atoms with Crippen LogP contribution in [-0.4, -0.2) is 81.6 Å². The van der Waals surface area contributed by atoms with Crippen molar-refractivity contribution in [3.05, 3.63) is 41.7 Å². The van der Waals surface area contributed by atoms with Gasteiger partial charge in [-0.1, -0.05) is 0 Å². The highest BCUT2D eigenvalue weighted by molar-refractivity contribution is 5.97. The van der Waals surface area contributed by atoms with Crippen LogP contribution in [0.25, 0.3) is 11.2 Å². The number of nitrogens with one attached hydrogen (secondary N) is 2. The number of carboxylic acid groups (broad SMARTS) is 1. The van der Waals surface area contributed by atoms with Gasteiger partial charge in [0.1, 0.15) is 6.04 Å². The average molecular weight is 569 g/mol. The van der Waals surface area contributed by atoms with Gasteiger partial charge in [-0.3, -0.25) is 14.4 Å². The van der Waals surface area contributed by atoms with Crippen molar-refractivity contribution in [3.8, 4) is 0 Å². The molecule has 41 heavy (non-hydrogen) atoms.